The van der Waals surface area contributed by atoms with E-state index in [-0.39, 0.29) is 120 Å². The van der Waals surface area contributed by atoms with Crippen molar-refractivity contribution in [2.45, 2.75) is 190 Å². The van der Waals surface area contributed by atoms with E-state index >= 15 is 0 Å². The SMILES string of the molecule is C/C1=C\C=C/[C@H](CO)[C@@H](OC(N)=O)/C(C)=C/[C@H](C)[C@@H](O)[C@@H](CO)C[C@H](C)CC2=C(CO)C(=O)C=C(NC1=O)C2=O.C=CCCC1=C2C[C@@H](C)C[C@H](CO)[C@H](O)[C@@H](C)/C=C(\C)[C@H](OC(N)=O)[C@@H](CO)/C=C\C=C(/C)C(=O)NC(=CC1=O)C2=O.CNCCCCC1=C2C[C@@H](C)C[C@H](CO)[C@H](O)[C@@H](C)/C=C(\C)[C@H](OC(N)=O)[C@@H](CO)/C=C\C=C(/C)C(=O)NC(=CC1=O)C2=O. The number of fused-ring (bicyclic) bond motifs is 6. The summed E-state index contributed by atoms with van der Waals surface area (Å²) in [5.41, 5.74) is 19.1. The average Bonchev–Trinajstić information content (AvgIpc) is 0.894. The van der Waals surface area contributed by atoms with Gasteiger partial charge in [0.1, 0.15) is 18.3 Å². The Labute approximate surface area is 737 Å². The molecule has 0 saturated carbocycles. The van der Waals surface area contributed by atoms with E-state index in [1.165, 1.54) is 62.5 Å². The van der Waals surface area contributed by atoms with Crippen molar-refractivity contribution in [2.75, 3.05) is 59.8 Å². The summed E-state index contributed by atoms with van der Waals surface area (Å²) in [6, 6.07) is 0. The lowest BCUT2D eigenvalue weighted by Crippen LogP contribution is -2.34. The number of ether oxygens (including phenoxy) is 3. The molecule has 0 aromatic carbocycles. The van der Waals surface area contributed by atoms with Crippen LogP contribution in [0.15, 0.2) is 188 Å². The summed E-state index contributed by atoms with van der Waals surface area (Å²) >= 11 is 0. The summed E-state index contributed by atoms with van der Waals surface area (Å²) in [7, 11) is 1.85. The Hall–Kier alpha value is -10.4. The highest BCUT2D eigenvalue weighted by Crippen LogP contribution is 2.37. The Balaban J connectivity index is 0.000000397. The predicted molar refractivity (Wildman–Crippen MR) is 472 cm³/mol. The van der Waals surface area contributed by atoms with Gasteiger partial charge in [-0.15, -0.1) is 6.58 Å². The van der Waals surface area contributed by atoms with Crippen LogP contribution in [0, 0.1) is 71.0 Å². The van der Waals surface area contributed by atoms with Gasteiger partial charge >= 0.3 is 18.3 Å². The van der Waals surface area contributed by atoms with Gasteiger partial charge in [-0.1, -0.05) is 121 Å². The van der Waals surface area contributed by atoms with Crippen LogP contribution in [-0.2, 0) is 57.4 Å². The number of Topliss-reactive ketones (excluding diaryl/α,β-unsaturated/α-hetero) is 3. The number of carbonyl (C=O) groups is 12. The fourth-order valence-corrected chi connectivity index (χ4v) is 16.2. The van der Waals surface area contributed by atoms with Crippen LogP contribution in [0.5, 0.6) is 0 Å². The number of carbonyl (C=O) groups excluding carboxylic acids is 12. The van der Waals surface area contributed by atoms with Crippen LogP contribution in [0.4, 0.5) is 14.4 Å². The van der Waals surface area contributed by atoms with Crippen LogP contribution >= 0.6 is 0 Å². The first-order valence-corrected chi connectivity index (χ1v) is 42.6. The molecule has 0 fully saturated rings. The van der Waals surface area contributed by atoms with Crippen molar-refractivity contribution >= 4 is 70.7 Å². The van der Waals surface area contributed by atoms with Crippen molar-refractivity contribution in [2.24, 2.45) is 88.2 Å². The van der Waals surface area contributed by atoms with Crippen molar-refractivity contribution in [3.05, 3.63) is 188 Å². The van der Waals surface area contributed by atoms with E-state index in [2.05, 4.69) is 27.8 Å². The van der Waals surface area contributed by atoms with Crippen LogP contribution in [0.25, 0.3) is 0 Å². The van der Waals surface area contributed by atoms with Crippen molar-refractivity contribution in [1.82, 2.24) is 21.3 Å². The lowest BCUT2D eigenvalue weighted by Gasteiger charge is -2.30. The van der Waals surface area contributed by atoms with Crippen molar-refractivity contribution in [3.63, 3.8) is 0 Å². The van der Waals surface area contributed by atoms with Crippen molar-refractivity contribution < 1.29 is 123 Å². The van der Waals surface area contributed by atoms with Gasteiger partial charge in [0, 0.05) is 141 Å². The fourth-order valence-electron chi connectivity index (χ4n) is 16.2. The maximum absolute atomic E-state index is 13.7. The smallest absolute Gasteiger partial charge is 0.405 e. The number of unbranched alkanes of at least 4 members (excludes halogenated alkanes) is 1. The maximum atomic E-state index is 13.7. The molecule has 3 aliphatic heterocycles. The van der Waals surface area contributed by atoms with Gasteiger partial charge in [-0.2, -0.15) is 0 Å². The molecule has 20 N–H and O–H groups in total. The molecule has 6 bridgehead atoms. The molecule has 3 heterocycles. The van der Waals surface area contributed by atoms with E-state index in [1.807, 2.05) is 20.9 Å². The third kappa shape index (κ3) is 32.2. The normalized spacial score (nSPS) is 31.8. The number of primary amides is 3. The molecule has 0 saturated heterocycles. The lowest BCUT2D eigenvalue weighted by atomic mass is 9.79. The van der Waals surface area contributed by atoms with Crippen LogP contribution in [0.2, 0.25) is 0 Å². The molecule has 126 heavy (non-hydrogen) atoms. The molecule has 3 aliphatic carbocycles. The van der Waals surface area contributed by atoms with Gasteiger partial charge in [-0.25, -0.2) is 14.4 Å². The highest BCUT2D eigenvalue weighted by molar-refractivity contribution is 6.26. The highest BCUT2D eigenvalue weighted by Gasteiger charge is 2.39. The topological polar surface area (TPSA) is 561 Å². The predicted octanol–water partition coefficient (Wildman–Crippen LogP) is 6.32. The third-order valence-corrected chi connectivity index (χ3v) is 23.2. The second-order valence-corrected chi connectivity index (χ2v) is 33.6. The zero-order valence-electron chi connectivity index (χ0n) is 74.6. The Morgan fingerprint density at radius 2 is 0.730 bits per heavy atom. The number of allylic oxidation sites excluding steroid dienone is 15. The maximum Gasteiger partial charge on any atom is 0.405 e. The number of hydrogen-bond donors (Lipinski definition) is 17. The summed E-state index contributed by atoms with van der Waals surface area (Å²) in [6.07, 6.45) is 18.8. The van der Waals surface area contributed by atoms with Crippen LogP contribution < -0.4 is 38.5 Å². The number of hydrogen-bond acceptors (Lipinski definition) is 26. The molecular weight excluding hydrogens is 1630 g/mol. The van der Waals surface area contributed by atoms with Crippen molar-refractivity contribution in [3.8, 4) is 0 Å². The lowest BCUT2D eigenvalue weighted by molar-refractivity contribution is -0.120. The minimum atomic E-state index is -1.06. The van der Waals surface area contributed by atoms with Crippen molar-refractivity contribution in [1.29, 1.82) is 0 Å². The first-order valence-electron chi connectivity index (χ1n) is 42.6. The Bertz CT molecular complexity index is 4440. The van der Waals surface area contributed by atoms with Gasteiger partial charge < -0.3 is 104 Å². The number of nitrogens with two attached hydrogens (primary N) is 3. The van der Waals surface area contributed by atoms with E-state index in [9.17, 15) is 109 Å². The van der Waals surface area contributed by atoms with E-state index < -0.39 is 175 Å². The number of amides is 6. The molecule has 0 spiro atoms. The standard InChI is InChI=1S/C33H49N3O8.C32H44N2O8.C29H40N2O9/c1-19-13-24(18-38)29(40)21(3)15-22(4)31(44-33(34)43)23(17-37)10-8-9-20(2)32(42)36-27-16-28(39)25(11-6-7-12-35-5)26(14-19)30(27)41;1-6-7-11-24-25-13-18(2)12-23(17-36)28(38)20(4)14-21(5)30(42-32(33)41)22(16-35)10-8-9-19(3)31(40)34-26(29(25)39)15-27(24)37;1-15-8-20(13-33)25(36)17(3)10-18(4)27(40-29(30)39)19(12-32)7-5-6-16(2)28(38)31-23-11-24(35)22(14-34)21(9-15)26(23)37/h8-10,15-16,19,21,23-24,29,31,35,37-38,40H,6-7,11-14,17-18H2,1-5H3,(H2,34,43)(H,36,42);6,8-10,14-15,18,20,22-23,28,30,35-36,38H,1,7,11-13,16-17H2,2-5H3,(H2,33,41)(H,34,40);5-7,10-11,15,17,19-20,25,27,32-34,36H,8-9,12-14H2,1-4H3,(H2,30,39)(H,31,38)/b10-8-,20-9+,22-15+;10-8-,19-9+,21-14+;7-5-,16-6+,18-10+/t19-,21-,23+,24+,29+,31-;18-,20-,22+,23+,28+,30-;15-,17-,19+,20+,25+,27-/m000/s1. The van der Waals surface area contributed by atoms with E-state index in [0.29, 0.717) is 77.5 Å². The van der Waals surface area contributed by atoms with Gasteiger partial charge in [0.2, 0.25) is 17.3 Å². The van der Waals surface area contributed by atoms with Crippen LogP contribution in [0.3, 0.4) is 0 Å². The number of ketones is 6. The number of aliphatic hydroxyl groups excluding tert-OH is 10. The second-order valence-electron chi connectivity index (χ2n) is 33.6. The molecule has 0 unspecified atom stereocenters. The summed E-state index contributed by atoms with van der Waals surface area (Å²) in [5.74, 6) is -10.7. The van der Waals surface area contributed by atoms with Crippen LogP contribution in [0.1, 0.15) is 154 Å². The van der Waals surface area contributed by atoms with Crippen LogP contribution in [-0.4, -0.2) is 218 Å². The summed E-state index contributed by atoms with van der Waals surface area (Å²) < 4.78 is 15.9. The van der Waals surface area contributed by atoms with Gasteiger partial charge in [-0.3, -0.25) is 43.2 Å². The zero-order valence-corrected chi connectivity index (χ0v) is 74.6. The van der Waals surface area contributed by atoms with Gasteiger partial charge in [0.25, 0.3) is 17.7 Å². The number of rotatable bonds is 18. The summed E-state index contributed by atoms with van der Waals surface area (Å²) in [6.45, 7) is 22.0. The molecular formula is C94H133N7O25. The van der Waals surface area contributed by atoms with Gasteiger partial charge in [-0.05, 0) is 160 Å². The van der Waals surface area contributed by atoms with E-state index in [0.717, 1.165) is 25.1 Å². The molecule has 0 radical (unpaired) electrons. The molecule has 694 valence electrons. The molecule has 6 rings (SSSR count). The first-order chi connectivity index (χ1) is 59.5. The molecule has 18 atom stereocenters. The van der Waals surface area contributed by atoms with E-state index in [4.69, 9.17) is 31.4 Å². The molecule has 32 nitrogen and oxygen atoms in total. The zero-order chi connectivity index (χ0) is 94.7. The summed E-state index contributed by atoms with van der Waals surface area (Å²) in [5, 5.41) is 115. The molecule has 0 aromatic heterocycles. The Kier molecular flexibility index (Phi) is 45.7. The minimum absolute atomic E-state index is 0.0560. The van der Waals surface area contributed by atoms with Gasteiger partial charge in [0.15, 0.2) is 17.3 Å². The number of aliphatic hydroxyl groups is 10. The Morgan fingerprint density at radius 1 is 0.444 bits per heavy atom. The molecule has 6 aliphatic rings. The van der Waals surface area contributed by atoms with Gasteiger partial charge in [0.05, 0.1) is 61.8 Å². The molecule has 32 heteroatoms. The Morgan fingerprint density at radius 3 is 0.992 bits per heavy atom. The second kappa shape index (κ2) is 53.3. The number of nitrogens with one attached hydrogen (secondary N) is 4. The highest BCUT2D eigenvalue weighted by atomic mass is 16.6. The average molecular weight is 1760 g/mol. The quantitative estimate of drug-likeness (QED) is 0.0309. The minimum Gasteiger partial charge on any atom is -0.441 e. The first kappa shape index (κ1) is 108. The molecule has 0 aromatic rings. The summed E-state index contributed by atoms with van der Waals surface area (Å²) in [4.78, 5) is 153. The fraction of sp³-hybridized carbons (Fsp3) is 0.532. The third-order valence-electron chi connectivity index (χ3n) is 23.2. The van der Waals surface area contributed by atoms with E-state index in [1.54, 1.807) is 91.8 Å². The monoisotopic (exact) mass is 1760 g/mol. The molecule has 6 amide bonds. The largest absolute Gasteiger partial charge is 0.441 e.